The number of benzene rings is 1. The van der Waals surface area contributed by atoms with E-state index in [2.05, 4.69) is 39.6 Å². The molecule has 3 aromatic heterocycles. The van der Waals surface area contributed by atoms with Crippen molar-refractivity contribution in [2.45, 2.75) is 26.3 Å². The fraction of sp³-hybridized carbons (Fsp3) is 0.211. The van der Waals surface area contributed by atoms with Gasteiger partial charge in [0.25, 0.3) is 5.89 Å². The van der Waals surface area contributed by atoms with E-state index < -0.39 is 12.3 Å². The molecular formula is C19H17F2N5O. The number of hydrogen-bond acceptors (Lipinski definition) is 5. The number of imidazole rings is 1. The van der Waals surface area contributed by atoms with Crippen LogP contribution in [0.4, 0.5) is 14.5 Å². The first-order valence-corrected chi connectivity index (χ1v) is 8.54. The van der Waals surface area contributed by atoms with Crippen molar-refractivity contribution in [3.8, 4) is 11.5 Å². The van der Waals surface area contributed by atoms with E-state index in [4.69, 9.17) is 4.42 Å². The molecule has 0 saturated heterocycles. The summed E-state index contributed by atoms with van der Waals surface area (Å²) in [7, 11) is 0. The lowest BCUT2D eigenvalue weighted by Gasteiger charge is -2.05. The highest BCUT2D eigenvalue weighted by Gasteiger charge is 2.17. The molecule has 138 valence electrons. The number of nitrogens with zero attached hydrogens (tertiary/aromatic N) is 4. The van der Waals surface area contributed by atoms with Crippen molar-refractivity contribution in [2.75, 3.05) is 5.32 Å². The Bertz CT molecular complexity index is 1070. The van der Waals surface area contributed by atoms with Crippen molar-refractivity contribution < 1.29 is 13.2 Å². The highest BCUT2D eigenvalue weighted by molar-refractivity contribution is 5.60. The maximum atomic E-state index is 12.6. The molecule has 8 heteroatoms. The Kier molecular flexibility index (Phi) is 4.53. The van der Waals surface area contributed by atoms with E-state index in [1.165, 1.54) is 5.56 Å². The molecule has 0 aliphatic rings. The number of alkyl halides is 2. The number of anilines is 1. The van der Waals surface area contributed by atoms with Crippen LogP contribution in [0.5, 0.6) is 0 Å². The first kappa shape index (κ1) is 17.1. The lowest BCUT2D eigenvalue weighted by Crippen LogP contribution is -1.99. The Morgan fingerprint density at radius 3 is 2.85 bits per heavy atom. The van der Waals surface area contributed by atoms with Crippen molar-refractivity contribution in [1.82, 2.24) is 19.6 Å². The number of rotatable bonds is 6. The van der Waals surface area contributed by atoms with Gasteiger partial charge in [-0.2, -0.15) is 8.78 Å². The average Bonchev–Trinajstić information content (AvgIpc) is 3.33. The smallest absolute Gasteiger partial charge is 0.314 e. The molecule has 0 spiro atoms. The van der Waals surface area contributed by atoms with Crippen LogP contribution in [0.25, 0.3) is 17.1 Å². The standard InChI is InChI=1S/C19H17F2N5O/c1-2-12-4-3-5-14(8-12)22-10-15-11-26-7-6-13(9-16(26)23-15)18-24-25-19(27-18)17(20)21/h3-9,11,17,22H,2,10H2,1H3. The van der Waals surface area contributed by atoms with Gasteiger partial charge in [0.15, 0.2) is 0 Å². The summed E-state index contributed by atoms with van der Waals surface area (Å²) in [6, 6.07) is 11.7. The van der Waals surface area contributed by atoms with Gasteiger partial charge in [-0.15, -0.1) is 10.2 Å². The zero-order valence-electron chi connectivity index (χ0n) is 14.6. The van der Waals surface area contributed by atoms with Crippen LogP contribution in [-0.2, 0) is 13.0 Å². The van der Waals surface area contributed by atoms with Gasteiger partial charge in [-0.3, -0.25) is 0 Å². The first-order chi connectivity index (χ1) is 13.1. The van der Waals surface area contributed by atoms with Crippen LogP contribution in [0.15, 0.2) is 53.2 Å². The summed E-state index contributed by atoms with van der Waals surface area (Å²) in [5.74, 6) is -0.640. The second kappa shape index (κ2) is 7.14. The summed E-state index contributed by atoms with van der Waals surface area (Å²) in [5.41, 5.74) is 4.37. The SMILES string of the molecule is CCc1cccc(NCc2cn3ccc(-c4nnc(C(F)F)o4)cc3n2)c1. The molecule has 0 saturated carbocycles. The molecule has 0 aliphatic carbocycles. The molecule has 4 rings (SSSR count). The van der Waals surface area contributed by atoms with E-state index in [1.807, 2.05) is 22.7 Å². The van der Waals surface area contributed by atoms with Gasteiger partial charge >= 0.3 is 6.43 Å². The van der Waals surface area contributed by atoms with Crippen LogP contribution in [-0.4, -0.2) is 19.6 Å². The Hall–Kier alpha value is -3.29. The minimum absolute atomic E-state index is 0.0480. The lowest BCUT2D eigenvalue weighted by atomic mass is 10.1. The molecule has 0 bridgehead atoms. The van der Waals surface area contributed by atoms with Crippen molar-refractivity contribution >= 4 is 11.3 Å². The molecule has 1 aromatic carbocycles. The molecular weight excluding hydrogens is 352 g/mol. The summed E-state index contributed by atoms with van der Waals surface area (Å²) < 4.78 is 32.1. The summed E-state index contributed by atoms with van der Waals surface area (Å²) >= 11 is 0. The molecule has 1 N–H and O–H groups in total. The van der Waals surface area contributed by atoms with E-state index in [0.717, 1.165) is 17.8 Å². The molecule has 0 fully saturated rings. The highest BCUT2D eigenvalue weighted by atomic mass is 19.3. The topological polar surface area (TPSA) is 68.2 Å². The van der Waals surface area contributed by atoms with Crippen LogP contribution in [0.2, 0.25) is 0 Å². The number of aromatic nitrogens is 4. The maximum Gasteiger partial charge on any atom is 0.314 e. The number of hydrogen-bond donors (Lipinski definition) is 1. The molecule has 0 aliphatic heterocycles. The third kappa shape index (κ3) is 3.64. The summed E-state index contributed by atoms with van der Waals surface area (Å²) in [4.78, 5) is 4.56. The number of pyridine rings is 1. The Balaban J connectivity index is 1.53. The van der Waals surface area contributed by atoms with E-state index in [1.54, 1.807) is 18.3 Å². The lowest BCUT2D eigenvalue weighted by molar-refractivity contribution is 0.116. The third-order valence-electron chi connectivity index (χ3n) is 4.19. The fourth-order valence-corrected chi connectivity index (χ4v) is 2.79. The molecule has 3 heterocycles. The molecule has 27 heavy (non-hydrogen) atoms. The zero-order chi connectivity index (χ0) is 18.8. The number of halogens is 2. The largest absolute Gasteiger partial charge is 0.415 e. The molecule has 0 amide bonds. The van der Waals surface area contributed by atoms with Crippen molar-refractivity contribution in [3.63, 3.8) is 0 Å². The third-order valence-corrected chi connectivity index (χ3v) is 4.19. The minimum atomic E-state index is -2.79. The second-order valence-corrected chi connectivity index (χ2v) is 6.07. The van der Waals surface area contributed by atoms with Crippen LogP contribution in [0.3, 0.4) is 0 Å². The van der Waals surface area contributed by atoms with E-state index in [0.29, 0.717) is 17.8 Å². The molecule has 6 nitrogen and oxygen atoms in total. The van der Waals surface area contributed by atoms with Crippen LogP contribution in [0.1, 0.15) is 30.5 Å². The monoisotopic (exact) mass is 369 g/mol. The Morgan fingerprint density at radius 1 is 1.19 bits per heavy atom. The van der Waals surface area contributed by atoms with Gasteiger partial charge in [0.2, 0.25) is 5.89 Å². The first-order valence-electron chi connectivity index (χ1n) is 8.54. The quantitative estimate of drug-likeness (QED) is 0.542. The predicted octanol–water partition coefficient (Wildman–Crippen LogP) is 4.50. The van der Waals surface area contributed by atoms with Gasteiger partial charge < -0.3 is 14.1 Å². The number of aryl methyl sites for hydroxylation is 1. The van der Waals surface area contributed by atoms with Crippen molar-refractivity contribution in [3.05, 3.63) is 65.9 Å². The van der Waals surface area contributed by atoms with Gasteiger partial charge in [0.1, 0.15) is 5.65 Å². The molecule has 0 unspecified atom stereocenters. The summed E-state index contributed by atoms with van der Waals surface area (Å²) in [5, 5.41) is 10.4. The van der Waals surface area contributed by atoms with Gasteiger partial charge in [-0.1, -0.05) is 19.1 Å². The Morgan fingerprint density at radius 2 is 2.07 bits per heavy atom. The van der Waals surface area contributed by atoms with Gasteiger partial charge in [-0.05, 0) is 36.2 Å². The van der Waals surface area contributed by atoms with Crippen molar-refractivity contribution in [1.29, 1.82) is 0 Å². The fourth-order valence-electron chi connectivity index (χ4n) is 2.79. The number of fused-ring (bicyclic) bond motifs is 1. The predicted molar refractivity (Wildman–Crippen MR) is 96.6 cm³/mol. The maximum absolute atomic E-state index is 12.6. The summed E-state index contributed by atoms with van der Waals surface area (Å²) in [6.07, 6.45) is 1.89. The molecule has 0 atom stereocenters. The van der Waals surface area contributed by atoms with Crippen LogP contribution < -0.4 is 5.32 Å². The molecule has 4 aromatic rings. The minimum Gasteiger partial charge on any atom is -0.415 e. The average molecular weight is 369 g/mol. The normalized spacial score (nSPS) is 11.4. The van der Waals surface area contributed by atoms with E-state index >= 15 is 0 Å². The zero-order valence-corrected chi connectivity index (χ0v) is 14.6. The van der Waals surface area contributed by atoms with Gasteiger partial charge in [0.05, 0.1) is 12.2 Å². The summed E-state index contributed by atoms with van der Waals surface area (Å²) in [6.45, 7) is 2.69. The second-order valence-electron chi connectivity index (χ2n) is 6.07. The van der Waals surface area contributed by atoms with E-state index in [-0.39, 0.29) is 5.89 Å². The number of nitrogens with one attached hydrogen (secondary N) is 1. The van der Waals surface area contributed by atoms with E-state index in [9.17, 15) is 8.78 Å². The molecule has 0 radical (unpaired) electrons. The van der Waals surface area contributed by atoms with Gasteiger partial charge in [0, 0.05) is 23.6 Å². The van der Waals surface area contributed by atoms with Gasteiger partial charge in [-0.25, -0.2) is 4.98 Å². The highest BCUT2D eigenvalue weighted by Crippen LogP contribution is 2.24. The van der Waals surface area contributed by atoms with Crippen molar-refractivity contribution in [2.24, 2.45) is 0 Å². The van der Waals surface area contributed by atoms with Crippen LogP contribution in [0, 0.1) is 0 Å². The van der Waals surface area contributed by atoms with Crippen LogP contribution >= 0.6 is 0 Å². The Labute approximate surface area is 153 Å².